The summed E-state index contributed by atoms with van der Waals surface area (Å²) in [7, 11) is 1.22. The number of aliphatic hydroxyl groups is 1. The normalized spacial score (nSPS) is 15.2. The van der Waals surface area contributed by atoms with Crippen LogP contribution in [0.5, 0.6) is 5.75 Å². The van der Waals surface area contributed by atoms with Crippen LogP contribution >= 0.6 is 0 Å². The number of hydrogen-bond acceptors (Lipinski definition) is 4. The molecule has 0 aliphatic rings. The second kappa shape index (κ2) is 8.50. The molecule has 0 amide bonds. The first-order chi connectivity index (χ1) is 14.6. The predicted octanol–water partition coefficient (Wildman–Crippen LogP) is 4.87. The number of pyridine rings is 1. The number of nitrogens with zero attached hydrogens (tertiary/aromatic N) is 1. The number of fused-ring (bicyclic) bond motifs is 1. The number of alkyl halides is 3. The molecule has 1 heterocycles. The molecule has 164 valence electrons. The second-order valence-corrected chi connectivity index (χ2v) is 7.21. The summed E-state index contributed by atoms with van der Waals surface area (Å²) in [6.45, 7) is 1.44. The molecule has 1 aromatic heterocycles. The van der Waals surface area contributed by atoms with Gasteiger partial charge in [-0.15, -0.1) is 0 Å². The SMILES string of the molecule is COc1c(F)cccc1C(C)CC(O)(/C=N/c1cccc2[nH]c(=O)ccc12)C(F)(F)F. The summed E-state index contributed by atoms with van der Waals surface area (Å²) in [5.74, 6) is -1.79. The zero-order chi connectivity index (χ0) is 22.8. The standard InChI is InChI=1S/C22H20F4N2O3/c1-13(14-5-3-6-16(23)20(14)31-2)11-21(30,22(24,25)26)12-27-17-7-4-8-18-15(17)9-10-19(29)28-18/h3-10,12-13,30H,11H2,1-2H3,(H,28,29)/b27-12+. The van der Waals surface area contributed by atoms with Crippen molar-refractivity contribution >= 4 is 22.8 Å². The molecular formula is C22H20F4N2O3. The van der Waals surface area contributed by atoms with Crippen LogP contribution in [0.4, 0.5) is 23.2 Å². The van der Waals surface area contributed by atoms with E-state index in [1.165, 1.54) is 50.4 Å². The number of halogens is 4. The van der Waals surface area contributed by atoms with Crippen molar-refractivity contribution in [2.24, 2.45) is 4.99 Å². The minimum Gasteiger partial charge on any atom is -0.493 e. The molecule has 3 rings (SSSR count). The molecule has 2 aromatic carbocycles. The van der Waals surface area contributed by atoms with Gasteiger partial charge in [-0.2, -0.15) is 13.2 Å². The maximum Gasteiger partial charge on any atom is 0.422 e. The Kier molecular flexibility index (Phi) is 6.17. The van der Waals surface area contributed by atoms with Gasteiger partial charge in [0.05, 0.1) is 18.3 Å². The zero-order valence-electron chi connectivity index (χ0n) is 16.7. The van der Waals surface area contributed by atoms with E-state index in [0.717, 1.165) is 6.07 Å². The van der Waals surface area contributed by atoms with Gasteiger partial charge < -0.3 is 14.8 Å². The summed E-state index contributed by atoms with van der Waals surface area (Å²) in [5, 5.41) is 10.9. The van der Waals surface area contributed by atoms with Crippen molar-refractivity contribution in [3.63, 3.8) is 0 Å². The molecular weight excluding hydrogens is 416 g/mol. The van der Waals surface area contributed by atoms with Gasteiger partial charge in [0.2, 0.25) is 5.56 Å². The van der Waals surface area contributed by atoms with Crippen LogP contribution in [0.1, 0.15) is 24.8 Å². The number of ether oxygens (including phenoxy) is 1. The maximum atomic E-state index is 14.0. The van der Waals surface area contributed by atoms with Gasteiger partial charge in [0.1, 0.15) is 0 Å². The molecule has 0 saturated heterocycles. The quantitative estimate of drug-likeness (QED) is 0.428. The summed E-state index contributed by atoms with van der Waals surface area (Å²) in [5.41, 5.74) is -2.91. The predicted molar refractivity (Wildman–Crippen MR) is 110 cm³/mol. The summed E-state index contributed by atoms with van der Waals surface area (Å²) in [4.78, 5) is 17.9. The van der Waals surface area contributed by atoms with Gasteiger partial charge in [-0.25, -0.2) is 4.39 Å². The maximum absolute atomic E-state index is 14.0. The van der Waals surface area contributed by atoms with Crippen molar-refractivity contribution in [2.75, 3.05) is 7.11 Å². The van der Waals surface area contributed by atoms with E-state index in [4.69, 9.17) is 4.74 Å². The molecule has 0 aliphatic carbocycles. The molecule has 2 N–H and O–H groups in total. The Labute approximate surface area is 175 Å². The Bertz CT molecular complexity index is 1170. The van der Waals surface area contributed by atoms with Crippen LogP contribution < -0.4 is 10.3 Å². The number of methoxy groups -OCH3 is 1. The lowest BCUT2D eigenvalue weighted by Crippen LogP contribution is -2.47. The lowest BCUT2D eigenvalue weighted by molar-refractivity contribution is -0.231. The number of para-hydroxylation sites is 1. The summed E-state index contributed by atoms with van der Waals surface area (Å²) < 4.78 is 60.4. The largest absolute Gasteiger partial charge is 0.493 e. The number of aromatic nitrogens is 1. The van der Waals surface area contributed by atoms with E-state index in [1.807, 2.05) is 0 Å². The smallest absolute Gasteiger partial charge is 0.422 e. The monoisotopic (exact) mass is 436 g/mol. The Hall–Kier alpha value is -3.20. The van der Waals surface area contributed by atoms with Crippen molar-refractivity contribution in [1.29, 1.82) is 0 Å². The van der Waals surface area contributed by atoms with Crippen LogP contribution in [0.2, 0.25) is 0 Å². The van der Waals surface area contributed by atoms with Gasteiger partial charge >= 0.3 is 6.18 Å². The van der Waals surface area contributed by atoms with Crippen molar-refractivity contribution in [3.05, 3.63) is 70.3 Å². The number of benzene rings is 2. The van der Waals surface area contributed by atoms with Gasteiger partial charge in [0.25, 0.3) is 0 Å². The van der Waals surface area contributed by atoms with Gasteiger partial charge in [-0.05, 0) is 36.6 Å². The van der Waals surface area contributed by atoms with Crippen molar-refractivity contribution in [2.45, 2.75) is 31.0 Å². The molecule has 0 fully saturated rings. The molecule has 5 nitrogen and oxygen atoms in total. The first-order valence-electron chi connectivity index (χ1n) is 9.34. The molecule has 0 spiro atoms. The molecule has 0 bridgehead atoms. The number of aliphatic imine (C=N–C) groups is 1. The topological polar surface area (TPSA) is 74.7 Å². The third-order valence-electron chi connectivity index (χ3n) is 5.00. The molecule has 2 atom stereocenters. The third-order valence-corrected chi connectivity index (χ3v) is 5.00. The summed E-state index contributed by atoms with van der Waals surface area (Å²) in [6.07, 6.45) is -5.40. The highest BCUT2D eigenvalue weighted by Gasteiger charge is 2.53. The van der Waals surface area contributed by atoms with Gasteiger partial charge in [-0.3, -0.25) is 9.79 Å². The molecule has 0 saturated carbocycles. The number of aromatic amines is 1. The van der Waals surface area contributed by atoms with Gasteiger partial charge in [-0.1, -0.05) is 25.1 Å². The van der Waals surface area contributed by atoms with E-state index in [2.05, 4.69) is 9.98 Å². The van der Waals surface area contributed by atoms with E-state index in [-0.39, 0.29) is 22.6 Å². The third kappa shape index (κ3) is 4.61. The van der Waals surface area contributed by atoms with Crippen LogP contribution in [0.3, 0.4) is 0 Å². The van der Waals surface area contributed by atoms with Crippen molar-refractivity contribution in [1.82, 2.24) is 4.98 Å². The number of rotatable bonds is 6. The number of nitrogens with one attached hydrogen (secondary N) is 1. The number of hydrogen-bond donors (Lipinski definition) is 2. The first kappa shape index (κ1) is 22.5. The highest BCUT2D eigenvalue weighted by Crippen LogP contribution is 2.40. The average molecular weight is 436 g/mol. The highest BCUT2D eigenvalue weighted by atomic mass is 19.4. The van der Waals surface area contributed by atoms with E-state index >= 15 is 0 Å². The van der Waals surface area contributed by atoms with E-state index in [9.17, 15) is 27.5 Å². The van der Waals surface area contributed by atoms with Gasteiger partial charge in [0, 0.05) is 23.2 Å². The van der Waals surface area contributed by atoms with Crippen LogP contribution in [0, 0.1) is 5.82 Å². The Balaban J connectivity index is 1.99. The van der Waals surface area contributed by atoms with Crippen LogP contribution in [-0.2, 0) is 0 Å². The Morgan fingerprint density at radius 3 is 2.55 bits per heavy atom. The molecule has 3 aromatic rings. The van der Waals surface area contributed by atoms with Crippen LogP contribution in [-0.4, -0.2) is 35.2 Å². The van der Waals surface area contributed by atoms with Crippen LogP contribution in [0.25, 0.3) is 10.9 Å². The average Bonchev–Trinajstić information content (AvgIpc) is 2.70. The fourth-order valence-electron chi connectivity index (χ4n) is 3.41. The zero-order valence-corrected chi connectivity index (χ0v) is 16.7. The van der Waals surface area contributed by atoms with E-state index < -0.39 is 29.9 Å². The summed E-state index contributed by atoms with van der Waals surface area (Å²) in [6, 6.07) is 11.2. The van der Waals surface area contributed by atoms with Gasteiger partial charge in [0.15, 0.2) is 17.2 Å². The fourth-order valence-corrected chi connectivity index (χ4v) is 3.41. The first-order valence-corrected chi connectivity index (χ1v) is 9.34. The molecule has 2 unspecified atom stereocenters. The number of H-pyrrole nitrogens is 1. The Morgan fingerprint density at radius 1 is 1.16 bits per heavy atom. The minimum absolute atomic E-state index is 0.146. The van der Waals surface area contributed by atoms with Crippen molar-refractivity contribution in [3.8, 4) is 5.75 Å². The molecule has 0 radical (unpaired) electrons. The minimum atomic E-state index is -5.04. The lowest BCUT2D eigenvalue weighted by Gasteiger charge is -2.30. The Morgan fingerprint density at radius 2 is 1.87 bits per heavy atom. The lowest BCUT2D eigenvalue weighted by atomic mass is 9.86. The van der Waals surface area contributed by atoms with E-state index in [1.54, 1.807) is 6.07 Å². The molecule has 9 heteroatoms. The molecule has 0 aliphatic heterocycles. The highest BCUT2D eigenvalue weighted by molar-refractivity contribution is 5.91. The van der Waals surface area contributed by atoms with E-state index in [0.29, 0.717) is 17.1 Å². The van der Waals surface area contributed by atoms with Crippen molar-refractivity contribution < 1.29 is 27.4 Å². The summed E-state index contributed by atoms with van der Waals surface area (Å²) >= 11 is 0. The second-order valence-electron chi connectivity index (χ2n) is 7.21. The molecule has 31 heavy (non-hydrogen) atoms. The van der Waals surface area contributed by atoms with Crippen LogP contribution in [0.15, 0.2) is 58.3 Å². The fraction of sp³-hybridized carbons (Fsp3) is 0.273.